The molecule has 0 radical (unpaired) electrons. The number of aliphatic hydroxyl groups is 1. The summed E-state index contributed by atoms with van der Waals surface area (Å²) in [6, 6.07) is 6.24. The van der Waals surface area contributed by atoms with Gasteiger partial charge in [0.2, 0.25) is 10.0 Å². The number of benzene rings is 1. The lowest BCUT2D eigenvalue weighted by atomic mass is 10.2. The van der Waals surface area contributed by atoms with Crippen LogP contribution in [0.25, 0.3) is 0 Å². The second-order valence-corrected chi connectivity index (χ2v) is 7.41. The quantitative estimate of drug-likeness (QED) is 0.913. The number of nitrogens with zero attached hydrogens (tertiary/aromatic N) is 2. The first-order valence-corrected chi connectivity index (χ1v) is 8.32. The van der Waals surface area contributed by atoms with Crippen molar-refractivity contribution in [3.8, 4) is 0 Å². The van der Waals surface area contributed by atoms with Crippen LogP contribution in [0, 0.1) is 6.92 Å². The third-order valence-electron chi connectivity index (χ3n) is 3.03. The maximum atomic E-state index is 12.4. The van der Waals surface area contributed by atoms with Gasteiger partial charge in [0.05, 0.1) is 22.7 Å². The second-order valence-electron chi connectivity index (χ2n) is 4.42. The lowest BCUT2D eigenvalue weighted by molar-refractivity contribution is 0.281. The molecule has 0 saturated heterocycles. The van der Waals surface area contributed by atoms with E-state index in [0.717, 1.165) is 10.6 Å². The average Bonchev–Trinajstić information content (AvgIpc) is 2.84. The molecule has 0 atom stereocenters. The van der Waals surface area contributed by atoms with E-state index in [1.54, 1.807) is 24.7 Å². The zero-order chi connectivity index (χ0) is 14.8. The SMILES string of the molecule is Cc1ncsc1CN(C)S(=O)(=O)c1ccc(CO)cc1. The predicted octanol–water partition coefficient (Wildman–Crippen LogP) is 1.76. The maximum Gasteiger partial charge on any atom is 0.243 e. The van der Waals surface area contributed by atoms with Gasteiger partial charge >= 0.3 is 0 Å². The van der Waals surface area contributed by atoms with Crippen LogP contribution in [0.4, 0.5) is 0 Å². The number of hydrogen-bond donors (Lipinski definition) is 1. The maximum absolute atomic E-state index is 12.4. The number of rotatable bonds is 5. The molecule has 0 bridgehead atoms. The Morgan fingerprint density at radius 1 is 1.30 bits per heavy atom. The van der Waals surface area contributed by atoms with Gasteiger partial charge in [-0.2, -0.15) is 4.31 Å². The van der Waals surface area contributed by atoms with Crippen LogP contribution in [0.2, 0.25) is 0 Å². The van der Waals surface area contributed by atoms with Gasteiger partial charge in [0.15, 0.2) is 0 Å². The first-order valence-electron chi connectivity index (χ1n) is 6.00. The Labute approximate surface area is 122 Å². The van der Waals surface area contributed by atoms with Gasteiger partial charge < -0.3 is 5.11 Å². The minimum Gasteiger partial charge on any atom is -0.392 e. The zero-order valence-electron chi connectivity index (χ0n) is 11.3. The van der Waals surface area contributed by atoms with Crippen molar-refractivity contribution in [2.75, 3.05) is 7.05 Å². The number of sulfonamides is 1. The van der Waals surface area contributed by atoms with Crippen LogP contribution in [0.3, 0.4) is 0 Å². The van der Waals surface area contributed by atoms with Crippen molar-refractivity contribution < 1.29 is 13.5 Å². The van der Waals surface area contributed by atoms with Crippen LogP contribution in [0.15, 0.2) is 34.7 Å². The van der Waals surface area contributed by atoms with Gasteiger partial charge in [-0.05, 0) is 24.6 Å². The Bertz CT molecular complexity index is 678. The van der Waals surface area contributed by atoms with E-state index in [9.17, 15) is 8.42 Å². The van der Waals surface area contributed by atoms with E-state index < -0.39 is 10.0 Å². The normalized spacial score (nSPS) is 12.0. The number of hydrogen-bond acceptors (Lipinski definition) is 5. The molecule has 0 aliphatic carbocycles. The molecule has 0 amide bonds. The zero-order valence-corrected chi connectivity index (χ0v) is 12.9. The molecule has 0 fully saturated rings. The Kier molecular flexibility index (Phi) is 4.54. The molecule has 0 aliphatic heterocycles. The molecule has 0 aliphatic rings. The summed E-state index contributed by atoms with van der Waals surface area (Å²) in [6.07, 6.45) is 0. The van der Waals surface area contributed by atoms with Gasteiger partial charge in [-0.3, -0.25) is 0 Å². The van der Waals surface area contributed by atoms with Gasteiger partial charge in [0, 0.05) is 18.5 Å². The summed E-state index contributed by atoms with van der Waals surface area (Å²) in [5.74, 6) is 0. The fraction of sp³-hybridized carbons (Fsp3) is 0.308. The molecule has 2 aromatic rings. The third kappa shape index (κ3) is 3.06. The van der Waals surface area contributed by atoms with Crippen molar-refractivity contribution in [1.29, 1.82) is 0 Å². The Morgan fingerprint density at radius 3 is 2.45 bits per heavy atom. The fourth-order valence-electron chi connectivity index (χ4n) is 1.71. The Balaban J connectivity index is 2.22. The van der Waals surface area contributed by atoms with Gasteiger partial charge in [0.25, 0.3) is 0 Å². The van der Waals surface area contributed by atoms with Gasteiger partial charge in [-0.1, -0.05) is 12.1 Å². The summed E-state index contributed by atoms with van der Waals surface area (Å²) in [4.78, 5) is 5.27. The van der Waals surface area contributed by atoms with Crippen LogP contribution >= 0.6 is 11.3 Å². The molecule has 0 unspecified atom stereocenters. The molecule has 20 heavy (non-hydrogen) atoms. The van der Waals surface area contributed by atoms with E-state index in [2.05, 4.69) is 4.98 Å². The van der Waals surface area contributed by atoms with Crippen molar-refractivity contribution in [3.63, 3.8) is 0 Å². The molecule has 1 N–H and O–H groups in total. The topological polar surface area (TPSA) is 70.5 Å². The van der Waals surface area contributed by atoms with Crippen molar-refractivity contribution in [3.05, 3.63) is 45.9 Å². The Hall–Kier alpha value is -1.28. The number of thiazole rings is 1. The molecule has 7 heteroatoms. The highest BCUT2D eigenvalue weighted by Crippen LogP contribution is 2.20. The number of aryl methyl sites for hydroxylation is 1. The van der Waals surface area contributed by atoms with E-state index in [4.69, 9.17) is 5.11 Å². The third-order valence-corrected chi connectivity index (χ3v) is 5.76. The average molecular weight is 312 g/mol. The van der Waals surface area contributed by atoms with E-state index in [0.29, 0.717) is 12.1 Å². The molecule has 2 rings (SSSR count). The van der Waals surface area contributed by atoms with Crippen molar-refractivity contribution >= 4 is 21.4 Å². The first-order chi connectivity index (χ1) is 9.45. The summed E-state index contributed by atoms with van der Waals surface area (Å²) in [7, 11) is -1.98. The molecule has 108 valence electrons. The van der Waals surface area contributed by atoms with E-state index >= 15 is 0 Å². The molecule has 5 nitrogen and oxygen atoms in total. The molecule has 0 spiro atoms. The van der Waals surface area contributed by atoms with E-state index in [1.807, 2.05) is 6.92 Å². The van der Waals surface area contributed by atoms with E-state index in [-0.39, 0.29) is 11.5 Å². The smallest absolute Gasteiger partial charge is 0.243 e. The number of aliphatic hydroxyl groups excluding tert-OH is 1. The minimum atomic E-state index is -3.53. The second kappa shape index (κ2) is 6.01. The summed E-state index contributed by atoms with van der Waals surface area (Å²) >= 11 is 1.44. The van der Waals surface area contributed by atoms with Crippen molar-refractivity contribution in [2.45, 2.75) is 25.0 Å². The number of aromatic nitrogens is 1. The molecule has 1 heterocycles. The van der Waals surface area contributed by atoms with Crippen LogP contribution in [-0.2, 0) is 23.2 Å². The molecule has 1 aromatic carbocycles. The summed E-state index contributed by atoms with van der Waals surface area (Å²) in [5.41, 5.74) is 3.25. The van der Waals surface area contributed by atoms with Crippen molar-refractivity contribution in [1.82, 2.24) is 9.29 Å². The highest BCUT2D eigenvalue weighted by molar-refractivity contribution is 7.89. The summed E-state index contributed by atoms with van der Waals surface area (Å²) in [5, 5.41) is 8.98. The molecular weight excluding hydrogens is 296 g/mol. The largest absolute Gasteiger partial charge is 0.392 e. The van der Waals surface area contributed by atoms with Gasteiger partial charge in [0.1, 0.15) is 0 Å². The van der Waals surface area contributed by atoms with Gasteiger partial charge in [-0.25, -0.2) is 13.4 Å². The summed E-state index contributed by atoms with van der Waals surface area (Å²) < 4.78 is 26.1. The van der Waals surface area contributed by atoms with Crippen molar-refractivity contribution in [2.24, 2.45) is 0 Å². The molecular formula is C13H16N2O3S2. The standard InChI is InChI=1S/C13H16N2O3S2/c1-10-13(19-9-14-10)7-15(2)20(17,18)12-5-3-11(8-16)4-6-12/h3-6,9,16H,7-8H2,1-2H3. The molecule has 1 aromatic heterocycles. The lowest BCUT2D eigenvalue weighted by Gasteiger charge is -2.16. The van der Waals surface area contributed by atoms with Crippen LogP contribution in [0.5, 0.6) is 0 Å². The van der Waals surface area contributed by atoms with Crippen LogP contribution < -0.4 is 0 Å². The summed E-state index contributed by atoms with van der Waals surface area (Å²) in [6.45, 7) is 2.07. The Morgan fingerprint density at radius 2 is 1.95 bits per heavy atom. The predicted molar refractivity (Wildman–Crippen MR) is 77.9 cm³/mol. The highest BCUT2D eigenvalue weighted by atomic mass is 32.2. The lowest BCUT2D eigenvalue weighted by Crippen LogP contribution is -2.26. The minimum absolute atomic E-state index is 0.101. The fourth-order valence-corrected chi connectivity index (χ4v) is 3.76. The highest BCUT2D eigenvalue weighted by Gasteiger charge is 2.21. The monoisotopic (exact) mass is 312 g/mol. The van der Waals surface area contributed by atoms with Crippen LogP contribution in [0.1, 0.15) is 16.1 Å². The van der Waals surface area contributed by atoms with Crippen LogP contribution in [-0.4, -0.2) is 29.9 Å². The van der Waals surface area contributed by atoms with E-state index in [1.165, 1.54) is 27.8 Å². The van der Waals surface area contributed by atoms with Gasteiger partial charge in [-0.15, -0.1) is 11.3 Å². The molecule has 0 saturated carbocycles. The first kappa shape index (κ1) is 15.1.